The minimum Gasteiger partial charge on any atom is -0.450 e. The largest absolute Gasteiger partial charge is 0.450 e. The number of hydrogen-bond donors (Lipinski definition) is 0. The maximum Gasteiger partial charge on any atom is 0.410 e. The Hall–Kier alpha value is -1.25. The van der Waals surface area contributed by atoms with Gasteiger partial charge in [0.1, 0.15) is 0 Å². The minimum atomic E-state index is -0.206. The number of ether oxygens (including phenoxy) is 1. The van der Waals surface area contributed by atoms with E-state index in [4.69, 9.17) is 4.74 Å². The smallest absolute Gasteiger partial charge is 0.410 e. The Balaban J connectivity index is 2.52. The molecule has 0 saturated heterocycles. The zero-order valence-corrected chi connectivity index (χ0v) is 8.82. The fourth-order valence-corrected chi connectivity index (χ4v) is 1.48. The lowest BCUT2D eigenvalue weighted by Crippen LogP contribution is -2.35. The van der Waals surface area contributed by atoms with Crippen molar-refractivity contribution in [2.75, 3.05) is 19.7 Å². The predicted molar refractivity (Wildman–Crippen MR) is 56.1 cm³/mol. The van der Waals surface area contributed by atoms with E-state index in [1.807, 2.05) is 26.0 Å². The molecule has 0 unspecified atom stereocenters. The monoisotopic (exact) mass is 195 g/mol. The van der Waals surface area contributed by atoms with E-state index in [0.29, 0.717) is 13.2 Å². The van der Waals surface area contributed by atoms with Crippen molar-refractivity contribution in [3.8, 4) is 0 Å². The van der Waals surface area contributed by atoms with Gasteiger partial charge in [0.05, 0.1) is 6.61 Å². The quantitative estimate of drug-likeness (QED) is 0.677. The average molecular weight is 195 g/mol. The predicted octanol–water partition coefficient (Wildman–Crippen LogP) is 2.35. The SMILES string of the molecule is C/C=C/C1=CCCN(C(=O)OCC)C1. The van der Waals surface area contributed by atoms with Crippen LogP contribution >= 0.6 is 0 Å². The summed E-state index contributed by atoms with van der Waals surface area (Å²) in [5, 5.41) is 0. The van der Waals surface area contributed by atoms with Gasteiger partial charge in [0, 0.05) is 13.1 Å². The molecule has 1 amide bonds. The molecule has 0 atom stereocenters. The Morgan fingerprint density at radius 3 is 3.14 bits per heavy atom. The number of nitrogens with zero attached hydrogens (tertiary/aromatic N) is 1. The molecule has 0 fully saturated rings. The van der Waals surface area contributed by atoms with Crippen LogP contribution in [0, 0.1) is 0 Å². The molecule has 1 heterocycles. The number of rotatable bonds is 2. The van der Waals surface area contributed by atoms with E-state index < -0.39 is 0 Å². The maximum atomic E-state index is 11.4. The second kappa shape index (κ2) is 5.47. The van der Waals surface area contributed by atoms with Crippen molar-refractivity contribution in [2.45, 2.75) is 20.3 Å². The van der Waals surface area contributed by atoms with E-state index in [1.165, 1.54) is 5.57 Å². The third kappa shape index (κ3) is 2.91. The zero-order chi connectivity index (χ0) is 10.4. The van der Waals surface area contributed by atoms with Gasteiger partial charge in [0.25, 0.3) is 0 Å². The summed E-state index contributed by atoms with van der Waals surface area (Å²) in [7, 11) is 0. The summed E-state index contributed by atoms with van der Waals surface area (Å²) in [5.74, 6) is 0. The molecule has 3 nitrogen and oxygen atoms in total. The summed E-state index contributed by atoms with van der Waals surface area (Å²) in [6, 6.07) is 0. The Labute approximate surface area is 85.0 Å². The molecule has 0 aromatic heterocycles. The molecule has 1 aliphatic heterocycles. The summed E-state index contributed by atoms with van der Waals surface area (Å²) >= 11 is 0. The number of carbonyl (C=O) groups is 1. The highest BCUT2D eigenvalue weighted by atomic mass is 16.6. The fourth-order valence-electron chi connectivity index (χ4n) is 1.48. The third-order valence-electron chi connectivity index (χ3n) is 2.09. The van der Waals surface area contributed by atoms with Gasteiger partial charge in [-0.2, -0.15) is 0 Å². The normalized spacial score (nSPS) is 17.0. The maximum absolute atomic E-state index is 11.4. The molecule has 78 valence electrons. The first kappa shape index (κ1) is 10.8. The lowest BCUT2D eigenvalue weighted by Gasteiger charge is -2.25. The molecule has 1 rings (SSSR count). The van der Waals surface area contributed by atoms with Crippen LogP contribution in [0.15, 0.2) is 23.8 Å². The van der Waals surface area contributed by atoms with Gasteiger partial charge in [0.15, 0.2) is 0 Å². The lowest BCUT2D eigenvalue weighted by atomic mass is 10.1. The lowest BCUT2D eigenvalue weighted by molar-refractivity contribution is 0.110. The van der Waals surface area contributed by atoms with Crippen LogP contribution < -0.4 is 0 Å². The van der Waals surface area contributed by atoms with Crippen LogP contribution in [0.5, 0.6) is 0 Å². The molecule has 0 saturated carbocycles. The molecule has 0 bridgehead atoms. The van der Waals surface area contributed by atoms with Crippen LogP contribution in [0.3, 0.4) is 0 Å². The summed E-state index contributed by atoms with van der Waals surface area (Å²) < 4.78 is 4.94. The molecule has 0 radical (unpaired) electrons. The highest BCUT2D eigenvalue weighted by Gasteiger charge is 2.17. The Morgan fingerprint density at radius 1 is 1.71 bits per heavy atom. The van der Waals surface area contributed by atoms with Crippen LogP contribution in [0.25, 0.3) is 0 Å². The number of amides is 1. The van der Waals surface area contributed by atoms with Gasteiger partial charge in [-0.1, -0.05) is 18.2 Å². The van der Waals surface area contributed by atoms with Crippen molar-refractivity contribution in [1.29, 1.82) is 0 Å². The number of allylic oxidation sites excluding steroid dienone is 1. The summed E-state index contributed by atoms with van der Waals surface area (Å²) in [6.07, 6.45) is 6.89. The summed E-state index contributed by atoms with van der Waals surface area (Å²) in [4.78, 5) is 13.1. The second-order valence-corrected chi connectivity index (χ2v) is 3.19. The van der Waals surface area contributed by atoms with E-state index in [9.17, 15) is 4.79 Å². The molecule has 3 heteroatoms. The number of carbonyl (C=O) groups excluding carboxylic acids is 1. The molecule has 0 aromatic rings. The standard InChI is InChI=1S/C11H17NO2/c1-3-6-10-7-5-8-12(9-10)11(13)14-4-2/h3,6-7H,4-5,8-9H2,1-2H3/b6-3+. The number of hydrogen-bond acceptors (Lipinski definition) is 2. The summed E-state index contributed by atoms with van der Waals surface area (Å²) in [5.41, 5.74) is 1.19. The molecule has 0 aromatic carbocycles. The minimum absolute atomic E-state index is 0.206. The fraction of sp³-hybridized carbons (Fsp3) is 0.545. The average Bonchev–Trinajstić information content (AvgIpc) is 2.19. The van der Waals surface area contributed by atoms with E-state index in [-0.39, 0.29) is 6.09 Å². The van der Waals surface area contributed by atoms with E-state index in [2.05, 4.69) is 6.08 Å². The first-order valence-corrected chi connectivity index (χ1v) is 5.01. The van der Waals surface area contributed by atoms with Gasteiger partial charge in [-0.25, -0.2) is 4.79 Å². The van der Waals surface area contributed by atoms with Crippen molar-refractivity contribution in [2.24, 2.45) is 0 Å². The molecule has 0 spiro atoms. The van der Waals surface area contributed by atoms with Crippen LogP contribution in [0.2, 0.25) is 0 Å². The Bertz CT molecular complexity index is 256. The van der Waals surface area contributed by atoms with Crippen molar-refractivity contribution in [3.05, 3.63) is 23.8 Å². The van der Waals surface area contributed by atoms with Gasteiger partial charge >= 0.3 is 6.09 Å². The zero-order valence-electron chi connectivity index (χ0n) is 8.82. The van der Waals surface area contributed by atoms with Gasteiger partial charge < -0.3 is 9.64 Å². The molecule has 0 N–H and O–H groups in total. The van der Waals surface area contributed by atoms with Gasteiger partial charge in [0.2, 0.25) is 0 Å². The molecule has 1 aliphatic rings. The second-order valence-electron chi connectivity index (χ2n) is 3.19. The van der Waals surface area contributed by atoms with Crippen molar-refractivity contribution in [3.63, 3.8) is 0 Å². The van der Waals surface area contributed by atoms with Crippen molar-refractivity contribution < 1.29 is 9.53 Å². The van der Waals surface area contributed by atoms with Gasteiger partial charge in [-0.3, -0.25) is 0 Å². The van der Waals surface area contributed by atoms with E-state index >= 15 is 0 Å². The van der Waals surface area contributed by atoms with Gasteiger partial charge in [-0.05, 0) is 25.8 Å². The van der Waals surface area contributed by atoms with Crippen molar-refractivity contribution >= 4 is 6.09 Å². The highest BCUT2D eigenvalue weighted by Crippen LogP contribution is 2.11. The van der Waals surface area contributed by atoms with Gasteiger partial charge in [-0.15, -0.1) is 0 Å². The van der Waals surface area contributed by atoms with Crippen LogP contribution in [0.4, 0.5) is 4.79 Å². The first-order valence-electron chi connectivity index (χ1n) is 5.01. The topological polar surface area (TPSA) is 29.5 Å². The van der Waals surface area contributed by atoms with Crippen LogP contribution in [-0.4, -0.2) is 30.7 Å². The van der Waals surface area contributed by atoms with E-state index in [0.717, 1.165) is 13.0 Å². The summed E-state index contributed by atoms with van der Waals surface area (Å²) in [6.45, 7) is 5.68. The Morgan fingerprint density at radius 2 is 2.50 bits per heavy atom. The highest BCUT2D eigenvalue weighted by molar-refractivity contribution is 5.68. The Kier molecular flexibility index (Phi) is 4.23. The van der Waals surface area contributed by atoms with Crippen LogP contribution in [-0.2, 0) is 4.74 Å². The molecule has 14 heavy (non-hydrogen) atoms. The van der Waals surface area contributed by atoms with Crippen LogP contribution in [0.1, 0.15) is 20.3 Å². The van der Waals surface area contributed by atoms with Crippen molar-refractivity contribution in [1.82, 2.24) is 4.90 Å². The first-order chi connectivity index (χ1) is 6.77. The molecular weight excluding hydrogens is 178 g/mol. The van der Waals surface area contributed by atoms with E-state index in [1.54, 1.807) is 4.90 Å². The molecular formula is C11H17NO2. The third-order valence-corrected chi connectivity index (χ3v) is 2.09. The molecule has 0 aliphatic carbocycles.